The molecule has 0 bridgehead atoms. The van der Waals surface area contributed by atoms with Crippen LogP contribution in [0.3, 0.4) is 0 Å². The number of carbonyl (C=O) groups excluding carboxylic acids is 8. The zero-order chi connectivity index (χ0) is 68.9. The van der Waals surface area contributed by atoms with E-state index < -0.39 is 215 Å². The molecule has 87 heavy (non-hydrogen) atoms. The van der Waals surface area contributed by atoms with Crippen LogP contribution in [0.15, 0.2) is 0 Å². The molecule has 40 heteroatoms. The molecule has 0 aliphatic rings. The molecular formula is C47H61F21O19. The molecule has 0 heterocycles. The Kier molecular flexibility index (Phi) is 32.7. The molecule has 510 valence electrons. The van der Waals surface area contributed by atoms with Gasteiger partial charge in [-0.1, -0.05) is 20.8 Å². The molecule has 0 spiro atoms. The minimum Gasteiger partial charge on any atom is -0.463 e. The molecule has 2 N–H and O–H groups in total. The fourth-order valence-corrected chi connectivity index (χ4v) is 7.24. The highest BCUT2D eigenvalue weighted by atomic mass is 19.4. The van der Waals surface area contributed by atoms with Crippen LogP contribution in [0.1, 0.15) is 87.5 Å². The molecule has 0 aromatic heterocycles. The lowest BCUT2D eigenvalue weighted by Gasteiger charge is -2.37. The van der Waals surface area contributed by atoms with E-state index in [1.807, 2.05) is 0 Å². The second kappa shape index (κ2) is 34.2. The largest absolute Gasteiger partial charge is 0.463 e. The quantitative estimate of drug-likeness (QED) is 0.0354. The molecule has 19 nitrogen and oxygen atoms in total. The Balaban J connectivity index is 0. The Hall–Kier alpha value is -5.83. The first-order valence-corrected chi connectivity index (χ1v) is 24.7. The lowest BCUT2D eigenvalue weighted by atomic mass is 9.76. The van der Waals surface area contributed by atoms with E-state index in [-0.39, 0.29) is 26.1 Å². The fourth-order valence-electron chi connectivity index (χ4n) is 7.24. The van der Waals surface area contributed by atoms with Crippen LogP contribution in [0.2, 0.25) is 0 Å². The normalized spacial score (nSPS) is 16.6. The maximum Gasteiger partial charge on any atom is 0.456 e. The number of hydrogen-bond donors (Lipinski definition) is 2. The summed E-state index contributed by atoms with van der Waals surface area (Å²) in [7, 11) is 0. The molecule has 0 saturated carbocycles. The maximum absolute atomic E-state index is 13.5. The van der Waals surface area contributed by atoms with Crippen molar-refractivity contribution in [2.75, 3.05) is 52.9 Å². The number of hydrogen-bond acceptors (Lipinski definition) is 19. The van der Waals surface area contributed by atoms with Crippen molar-refractivity contribution in [3.63, 3.8) is 0 Å². The van der Waals surface area contributed by atoms with Crippen LogP contribution in [0.4, 0.5) is 92.2 Å². The summed E-state index contributed by atoms with van der Waals surface area (Å²) in [5, 5.41) is 17.7. The molecule has 0 radical (unpaired) electrons. The van der Waals surface area contributed by atoms with E-state index in [1.54, 1.807) is 6.92 Å². The molecule has 0 aliphatic carbocycles. The van der Waals surface area contributed by atoms with Gasteiger partial charge in [-0.3, -0.25) is 38.4 Å². The second-order valence-electron chi connectivity index (χ2n) is 19.5. The van der Waals surface area contributed by atoms with Crippen LogP contribution in [0.25, 0.3) is 0 Å². The summed E-state index contributed by atoms with van der Waals surface area (Å²) in [6.45, 7) is -3.87. The molecule has 0 saturated heterocycles. The van der Waals surface area contributed by atoms with Crippen LogP contribution >= 0.6 is 0 Å². The Labute approximate surface area is 479 Å². The number of aliphatic hydroxyl groups is 2. The van der Waals surface area contributed by atoms with E-state index in [1.165, 1.54) is 6.92 Å². The molecule has 0 aromatic carbocycles. The Morgan fingerprint density at radius 3 is 1.15 bits per heavy atom. The Bertz CT molecular complexity index is 2210. The molecule has 0 amide bonds. The van der Waals surface area contributed by atoms with Gasteiger partial charge < -0.3 is 52.8 Å². The smallest absolute Gasteiger partial charge is 0.456 e. The van der Waals surface area contributed by atoms with Gasteiger partial charge in [-0.2, -0.15) is 83.4 Å². The molecular weight excluding hydrogens is 1270 g/mol. The predicted octanol–water partition coefficient (Wildman–Crippen LogP) is 8.69. The van der Waals surface area contributed by atoms with Crippen LogP contribution in [-0.2, 0) is 81.0 Å². The van der Waals surface area contributed by atoms with Gasteiger partial charge in [0.2, 0.25) is 0 Å². The third kappa shape index (κ3) is 31.8. The van der Waals surface area contributed by atoms with Crippen molar-refractivity contribution in [3.8, 4) is 0 Å². The Morgan fingerprint density at radius 2 is 0.793 bits per heavy atom. The van der Waals surface area contributed by atoms with E-state index in [2.05, 4.69) is 28.4 Å². The van der Waals surface area contributed by atoms with Crippen LogP contribution in [-0.4, -0.2) is 183 Å². The molecule has 0 aromatic rings. The van der Waals surface area contributed by atoms with Crippen LogP contribution in [0, 0.1) is 35.5 Å². The SMILES string of the molecule is CC(=O)OC(C)(CC(C(=O)OCC(F)(F)C(F)(F)F)C(C)C(=O)OCCO)CC(C(=O)OCC(F)(F)C(F)F)C(C)C(=O)OC(C(F)(F)F)C(F)(F)F.CC(=O)OC(C)(CCC(C)OCCO)CC(C(=O)OCC(F)(F)F)C(C)C(=O)OCC(F)(F)F. The van der Waals surface area contributed by atoms with Crippen molar-refractivity contribution in [1.82, 2.24) is 0 Å². The summed E-state index contributed by atoms with van der Waals surface area (Å²) in [6, 6.07) is 0. The van der Waals surface area contributed by atoms with Gasteiger partial charge in [0.25, 0.3) is 6.10 Å². The molecule has 0 aliphatic heterocycles. The first kappa shape index (κ1) is 83.2. The monoisotopic (exact) mass is 1330 g/mol. The first-order valence-electron chi connectivity index (χ1n) is 24.7. The van der Waals surface area contributed by atoms with Gasteiger partial charge >= 0.3 is 96.9 Å². The summed E-state index contributed by atoms with van der Waals surface area (Å²) in [4.78, 5) is 99.1. The van der Waals surface area contributed by atoms with Crippen molar-refractivity contribution in [2.45, 2.75) is 160 Å². The zero-order valence-electron chi connectivity index (χ0n) is 46.7. The lowest BCUT2D eigenvalue weighted by Crippen LogP contribution is -2.48. The number of aliphatic hydroxyl groups excluding tert-OH is 2. The van der Waals surface area contributed by atoms with Gasteiger partial charge in [-0.05, 0) is 33.6 Å². The number of rotatable bonds is 33. The molecule has 9 atom stereocenters. The van der Waals surface area contributed by atoms with E-state index in [0.29, 0.717) is 20.8 Å². The van der Waals surface area contributed by atoms with Gasteiger partial charge in [0.1, 0.15) is 17.8 Å². The number of ether oxygens (including phenoxy) is 9. The third-order valence-electron chi connectivity index (χ3n) is 11.6. The van der Waals surface area contributed by atoms with Gasteiger partial charge in [0.05, 0.1) is 61.4 Å². The summed E-state index contributed by atoms with van der Waals surface area (Å²) >= 11 is 0. The summed E-state index contributed by atoms with van der Waals surface area (Å²) in [5.74, 6) is -37.9. The number of alkyl halides is 21. The highest BCUT2D eigenvalue weighted by molar-refractivity contribution is 5.84. The predicted molar refractivity (Wildman–Crippen MR) is 242 cm³/mol. The summed E-state index contributed by atoms with van der Waals surface area (Å²) in [5.41, 5.74) is -4.28. The van der Waals surface area contributed by atoms with E-state index in [4.69, 9.17) is 24.4 Å². The van der Waals surface area contributed by atoms with Crippen molar-refractivity contribution in [2.24, 2.45) is 35.5 Å². The van der Waals surface area contributed by atoms with Crippen molar-refractivity contribution in [1.29, 1.82) is 0 Å². The highest BCUT2D eigenvalue weighted by Crippen LogP contribution is 2.41. The van der Waals surface area contributed by atoms with E-state index >= 15 is 0 Å². The van der Waals surface area contributed by atoms with Crippen molar-refractivity contribution in [3.05, 3.63) is 0 Å². The van der Waals surface area contributed by atoms with Crippen molar-refractivity contribution < 1.29 is 183 Å². The van der Waals surface area contributed by atoms with Gasteiger partial charge in [-0.25, -0.2) is 8.78 Å². The minimum absolute atomic E-state index is 0.00649. The number of esters is 8. The van der Waals surface area contributed by atoms with E-state index in [9.17, 15) is 131 Å². The lowest BCUT2D eigenvalue weighted by molar-refractivity contribution is -0.314. The van der Waals surface area contributed by atoms with Crippen molar-refractivity contribution >= 4 is 47.8 Å². The minimum atomic E-state index is -6.35. The topological polar surface area (TPSA) is 260 Å². The summed E-state index contributed by atoms with van der Waals surface area (Å²) in [6.07, 6.45) is -41.9. The number of carbonyl (C=O) groups is 8. The zero-order valence-corrected chi connectivity index (χ0v) is 46.7. The average molecular weight is 1330 g/mol. The second-order valence-corrected chi connectivity index (χ2v) is 19.5. The third-order valence-corrected chi connectivity index (χ3v) is 11.6. The Morgan fingerprint density at radius 1 is 0.448 bits per heavy atom. The molecule has 9 unspecified atom stereocenters. The average Bonchev–Trinajstić information content (AvgIpc) is 1.41. The summed E-state index contributed by atoms with van der Waals surface area (Å²) < 4.78 is 311. The maximum atomic E-state index is 13.5. The standard InChI is InChI=1S/C27H31F15O11.C20H30F6O8/c1-11(16(45)49-6-5-43)14(19(48)51-10-24(32,33)27(40,41)42)7-22(4,53-13(3)44)8-15(18(47)50-9-23(30,31)21(28)29)12(2)17(46)52-20(25(34,35)36)26(37,38)39;1-12(31-8-7-27)5-6-18(4,34-14(3)28)9-15(17(30)33-11-20(24,25)26)13(2)16(29)32-10-19(21,22)23/h11-12,14-15,20-21,43H,5-10H2,1-4H3;12-13,15,27H,5-11H2,1-4H3. The number of halogens is 21. The van der Waals surface area contributed by atoms with Gasteiger partial charge in [0, 0.05) is 33.1 Å². The van der Waals surface area contributed by atoms with Crippen LogP contribution in [0.5, 0.6) is 0 Å². The molecule has 0 fully saturated rings. The molecule has 0 rings (SSSR count). The van der Waals surface area contributed by atoms with Crippen LogP contribution < -0.4 is 0 Å². The van der Waals surface area contributed by atoms with E-state index in [0.717, 1.165) is 20.8 Å². The fraction of sp³-hybridized carbons (Fsp3) is 0.830. The van der Waals surface area contributed by atoms with Gasteiger partial charge in [0.15, 0.2) is 26.4 Å². The highest BCUT2D eigenvalue weighted by Gasteiger charge is 2.61. The first-order chi connectivity index (χ1) is 39.0. The van der Waals surface area contributed by atoms with Gasteiger partial charge in [-0.15, -0.1) is 0 Å².